The lowest BCUT2D eigenvalue weighted by molar-refractivity contribution is 0.0697. The first-order valence-electron chi connectivity index (χ1n) is 6.67. The standard InChI is InChI=1S/C17H14O5/c1-20-13-3-2-4-14(8-13)21-9-12-10-22-16-6-5-11(17(18)19)7-15(12)16/h2-8,10H,9H2,1H3,(H,18,19). The van der Waals surface area contributed by atoms with Gasteiger partial charge in [-0.1, -0.05) is 6.07 Å². The number of furan rings is 1. The monoisotopic (exact) mass is 298 g/mol. The Morgan fingerprint density at radius 1 is 1.18 bits per heavy atom. The minimum absolute atomic E-state index is 0.219. The molecule has 5 nitrogen and oxygen atoms in total. The van der Waals surface area contributed by atoms with E-state index in [1.807, 2.05) is 18.2 Å². The molecule has 1 N–H and O–H groups in total. The van der Waals surface area contributed by atoms with E-state index < -0.39 is 5.97 Å². The summed E-state index contributed by atoms with van der Waals surface area (Å²) < 4.78 is 16.3. The van der Waals surface area contributed by atoms with Gasteiger partial charge in [0.25, 0.3) is 0 Å². The number of carboxylic acids is 1. The van der Waals surface area contributed by atoms with Crippen molar-refractivity contribution in [2.75, 3.05) is 7.11 Å². The van der Waals surface area contributed by atoms with Crippen LogP contribution in [0.3, 0.4) is 0 Å². The Labute approximate surface area is 126 Å². The fraction of sp³-hybridized carbons (Fsp3) is 0.118. The number of hydrogen-bond acceptors (Lipinski definition) is 4. The van der Waals surface area contributed by atoms with Crippen LogP contribution >= 0.6 is 0 Å². The van der Waals surface area contributed by atoms with Gasteiger partial charge in [0.15, 0.2) is 0 Å². The Hall–Kier alpha value is -2.95. The first kappa shape index (κ1) is 14.0. The summed E-state index contributed by atoms with van der Waals surface area (Å²) in [7, 11) is 1.59. The first-order valence-corrected chi connectivity index (χ1v) is 6.67. The van der Waals surface area contributed by atoms with Gasteiger partial charge in [0.2, 0.25) is 0 Å². The van der Waals surface area contributed by atoms with Crippen LogP contribution < -0.4 is 9.47 Å². The lowest BCUT2D eigenvalue weighted by Gasteiger charge is -2.06. The molecule has 3 rings (SSSR count). The molecular weight excluding hydrogens is 284 g/mol. The maximum atomic E-state index is 11.1. The summed E-state index contributed by atoms with van der Waals surface area (Å²) in [5.74, 6) is 0.411. The summed E-state index contributed by atoms with van der Waals surface area (Å²) in [6.07, 6.45) is 1.58. The van der Waals surface area contributed by atoms with Crippen LogP contribution in [0.1, 0.15) is 15.9 Å². The van der Waals surface area contributed by atoms with Gasteiger partial charge in [-0.3, -0.25) is 0 Å². The second-order valence-corrected chi connectivity index (χ2v) is 4.74. The molecule has 2 aromatic carbocycles. The van der Waals surface area contributed by atoms with Gasteiger partial charge in [-0.05, 0) is 30.3 Å². The van der Waals surface area contributed by atoms with E-state index in [0.29, 0.717) is 17.1 Å². The molecule has 0 amide bonds. The third kappa shape index (κ3) is 2.74. The van der Waals surface area contributed by atoms with Crippen molar-refractivity contribution < 1.29 is 23.8 Å². The zero-order valence-corrected chi connectivity index (χ0v) is 11.9. The lowest BCUT2D eigenvalue weighted by Crippen LogP contribution is -1.97. The minimum atomic E-state index is -0.970. The van der Waals surface area contributed by atoms with Crippen LogP contribution in [0.15, 0.2) is 53.1 Å². The molecule has 3 aromatic rings. The van der Waals surface area contributed by atoms with Crippen LogP contribution in [0.2, 0.25) is 0 Å². The SMILES string of the molecule is COc1cccc(OCc2coc3ccc(C(=O)O)cc23)c1. The Kier molecular flexibility index (Phi) is 3.70. The van der Waals surface area contributed by atoms with E-state index in [-0.39, 0.29) is 12.2 Å². The fourth-order valence-corrected chi connectivity index (χ4v) is 2.18. The molecule has 0 saturated carbocycles. The number of carbonyl (C=O) groups is 1. The Morgan fingerprint density at radius 2 is 2.00 bits per heavy atom. The van der Waals surface area contributed by atoms with E-state index in [9.17, 15) is 4.79 Å². The molecule has 0 radical (unpaired) electrons. The second kappa shape index (κ2) is 5.81. The van der Waals surface area contributed by atoms with E-state index in [1.54, 1.807) is 31.6 Å². The van der Waals surface area contributed by atoms with Crippen LogP contribution in [0.25, 0.3) is 11.0 Å². The highest BCUT2D eigenvalue weighted by Crippen LogP contribution is 2.25. The van der Waals surface area contributed by atoms with Crippen molar-refractivity contribution in [3.63, 3.8) is 0 Å². The molecule has 112 valence electrons. The third-order valence-electron chi connectivity index (χ3n) is 3.34. The lowest BCUT2D eigenvalue weighted by atomic mass is 10.1. The Bertz CT molecular complexity index is 819. The zero-order chi connectivity index (χ0) is 15.5. The molecule has 0 aliphatic carbocycles. The van der Waals surface area contributed by atoms with Gasteiger partial charge >= 0.3 is 5.97 Å². The van der Waals surface area contributed by atoms with Crippen molar-refractivity contribution in [2.24, 2.45) is 0 Å². The number of aromatic carboxylic acids is 1. The molecular formula is C17H14O5. The fourth-order valence-electron chi connectivity index (χ4n) is 2.18. The van der Waals surface area contributed by atoms with Gasteiger partial charge < -0.3 is 19.0 Å². The molecule has 1 heterocycles. The molecule has 0 spiro atoms. The zero-order valence-electron chi connectivity index (χ0n) is 11.9. The maximum absolute atomic E-state index is 11.1. The Balaban J connectivity index is 1.84. The molecule has 0 bridgehead atoms. The Morgan fingerprint density at radius 3 is 2.77 bits per heavy atom. The molecule has 0 aliphatic rings. The van der Waals surface area contributed by atoms with E-state index in [2.05, 4.69) is 0 Å². The summed E-state index contributed by atoms with van der Waals surface area (Å²) in [6.45, 7) is 0.281. The molecule has 0 unspecified atom stereocenters. The number of fused-ring (bicyclic) bond motifs is 1. The highest BCUT2D eigenvalue weighted by Gasteiger charge is 2.10. The van der Waals surface area contributed by atoms with Gasteiger partial charge in [-0.15, -0.1) is 0 Å². The predicted octanol–water partition coefficient (Wildman–Crippen LogP) is 3.72. The van der Waals surface area contributed by atoms with Crippen molar-refractivity contribution in [1.82, 2.24) is 0 Å². The average molecular weight is 298 g/mol. The average Bonchev–Trinajstić information content (AvgIpc) is 2.95. The third-order valence-corrected chi connectivity index (χ3v) is 3.34. The van der Waals surface area contributed by atoms with Gasteiger partial charge in [0.1, 0.15) is 23.7 Å². The number of rotatable bonds is 5. The first-order chi connectivity index (χ1) is 10.7. The van der Waals surface area contributed by atoms with Gasteiger partial charge in [0.05, 0.1) is 18.9 Å². The molecule has 22 heavy (non-hydrogen) atoms. The van der Waals surface area contributed by atoms with Crippen molar-refractivity contribution in [3.8, 4) is 11.5 Å². The summed E-state index contributed by atoms with van der Waals surface area (Å²) >= 11 is 0. The van der Waals surface area contributed by atoms with Crippen LogP contribution in [-0.2, 0) is 6.61 Å². The summed E-state index contributed by atoms with van der Waals surface area (Å²) in [4.78, 5) is 11.1. The summed E-state index contributed by atoms with van der Waals surface area (Å²) in [6, 6.07) is 12.0. The highest BCUT2D eigenvalue weighted by molar-refractivity contribution is 5.93. The molecule has 0 atom stereocenters. The topological polar surface area (TPSA) is 68.9 Å². The van der Waals surface area contributed by atoms with Gasteiger partial charge in [0, 0.05) is 17.0 Å². The van der Waals surface area contributed by atoms with Crippen LogP contribution in [0.5, 0.6) is 11.5 Å². The molecule has 0 saturated heterocycles. The minimum Gasteiger partial charge on any atom is -0.497 e. The largest absolute Gasteiger partial charge is 0.497 e. The number of benzene rings is 2. The molecule has 0 fully saturated rings. The second-order valence-electron chi connectivity index (χ2n) is 4.74. The van der Waals surface area contributed by atoms with E-state index >= 15 is 0 Å². The smallest absolute Gasteiger partial charge is 0.335 e. The molecule has 5 heteroatoms. The number of carboxylic acid groups (broad SMARTS) is 1. The van der Waals surface area contributed by atoms with Crippen molar-refractivity contribution in [2.45, 2.75) is 6.61 Å². The molecule has 0 aliphatic heterocycles. The van der Waals surface area contributed by atoms with E-state index in [4.69, 9.17) is 19.0 Å². The predicted molar refractivity (Wildman–Crippen MR) is 80.5 cm³/mol. The number of ether oxygens (including phenoxy) is 2. The summed E-state index contributed by atoms with van der Waals surface area (Å²) in [5, 5.41) is 9.80. The summed E-state index contributed by atoms with van der Waals surface area (Å²) in [5.41, 5.74) is 1.65. The quantitative estimate of drug-likeness (QED) is 0.777. The van der Waals surface area contributed by atoms with Gasteiger partial charge in [-0.25, -0.2) is 4.79 Å². The highest BCUT2D eigenvalue weighted by atomic mass is 16.5. The van der Waals surface area contributed by atoms with E-state index in [0.717, 1.165) is 10.9 Å². The number of methoxy groups -OCH3 is 1. The number of hydrogen-bond donors (Lipinski definition) is 1. The van der Waals surface area contributed by atoms with E-state index in [1.165, 1.54) is 6.07 Å². The van der Waals surface area contributed by atoms with Crippen LogP contribution in [0.4, 0.5) is 0 Å². The maximum Gasteiger partial charge on any atom is 0.335 e. The molecule has 1 aromatic heterocycles. The van der Waals surface area contributed by atoms with Crippen molar-refractivity contribution >= 4 is 16.9 Å². The van der Waals surface area contributed by atoms with Crippen LogP contribution in [0, 0.1) is 0 Å². The van der Waals surface area contributed by atoms with Crippen molar-refractivity contribution in [1.29, 1.82) is 0 Å². The van der Waals surface area contributed by atoms with Gasteiger partial charge in [-0.2, -0.15) is 0 Å². The normalized spacial score (nSPS) is 10.6. The van der Waals surface area contributed by atoms with Crippen molar-refractivity contribution in [3.05, 3.63) is 59.9 Å². The van der Waals surface area contributed by atoms with Crippen LogP contribution in [-0.4, -0.2) is 18.2 Å².